The van der Waals surface area contributed by atoms with E-state index in [4.69, 9.17) is 27.9 Å². The Hall–Kier alpha value is -2.25. The molecule has 0 aliphatic heterocycles. The Morgan fingerprint density at radius 2 is 1.59 bits per heavy atom. The molecule has 0 aromatic heterocycles. The first-order valence-corrected chi connectivity index (χ1v) is 11.5. The molecule has 0 radical (unpaired) electrons. The van der Waals surface area contributed by atoms with E-state index in [-0.39, 0.29) is 34.5 Å². The van der Waals surface area contributed by atoms with E-state index >= 15 is 0 Å². The molecule has 0 saturated carbocycles. The maximum atomic E-state index is 13.7. The van der Waals surface area contributed by atoms with Crippen LogP contribution in [0.4, 0.5) is 18.9 Å². The Kier molecular flexibility index (Phi) is 9.43. The van der Waals surface area contributed by atoms with Gasteiger partial charge in [0.15, 0.2) is 0 Å². The molecule has 0 aliphatic carbocycles. The summed E-state index contributed by atoms with van der Waals surface area (Å²) in [6.45, 7) is 6.50. The zero-order valence-electron chi connectivity index (χ0n) is 19.6. The van der Waals surface area contributed by atoms with Crippen molar-refractivity contribution in [2.45, 2.75) is 52.1 Å². The summed E-state index contributed by atoms with van der Waals surface area (Å²) < 4.78 is 45.8. The molecule has 4 nitrogen and oxygen atoms in total. The lowest BCUT2D eigenvalue weighted by atomic mass is 9.84. The molecular weight excluding hydrogens is 490 g/mol. The molecule has 0 spiro atoms. The Morgan fingerprint density at radius 1 is 1.00 bits per heavy atom. The number of carbonyl (C=O) groups excluding carboxylic acids is 2. The van der Waals surface area contributed by atoms with Gasteiger partial charge in [0.2, 0.25) is 5.91 Å². The molecule has 3 atom stereocenters. The zero-order valence-corrected chi connectivity index (χ0v) is 21.1. The normalized spacial score (nSPS) is 14.4. The first-order valence-electron chi connectivity index (χ1n) is 10.8. The number of ether oxygens (including phenoxy) is 1. The second-order valence-corrected chi connectivity index (χ2v) is 9.49. The zero-order chi connectivity index (χ0) is 25.8. The molecule has 34 heavy (non-hydrogen) atoms. The number of amides is 1. The van der Waals surface area contributed by atoms with Crippen LogP contribution in [0.2, 0.25) is 10.0 Å². The van der Waals surface area contributed by atoms with Crippen LogP contribution in [-0.2, 0) is 14.3 Å². The number of methoxy groups -OCH3 is 1. The fraction of sp³-hybridized carbons (Fsp3) is 0.440. The van der Waals surface area contributed by atoms with Crippen LogP contribution >= 0.6 is 23.2 Å². The molecule has 1 amide bonds. The van der Waals surface area contributed by atoms with E-state index in [1.54, 1.807) is 25.1 Å². The summed E-state index contributed by atoms with van der Waals surface area (Å²) in [5, 5.41) is 3.14. The van der Waals surface area contributed by atoms with Crippen molar-refractivity contribution in [3.8, 4) is 0 Å². The highest BCUT2D eigenvalue weighted by atomic mass is 35.5. The van der Waals surface area contributed by atoms with Gasteiger partial charge in [0, 0.05) is 5.02 Å². The van der Waals surface area contributed by atoms with Crippen molar-refractivity contribution >= 4 is 40.8 Å². The van der Waals surface area contributed by atoms with Crippen LogP contribution in [0.15, 0.2) is 36.4 Å². The molecule has 186 valence electrons. The lowest BCUT2D eigenvalue weighted by molar-refractivity contribution is -0.178. The van der Waals surface area contributed by atoms with Crippen LogP contribution in [0, 0.1) is 18.8 Å². The number of alkyl halides is 3. The number of carbonyl (C=O) groups is 2. The van der Waals surface area contributed by atoms with Gasteiger partial charge in [-0.05, 0) is 53.6 Å². The monoisotopic (exact) mass is 517 g/mol. The standard InChI is InChI=1S/C25H28Cl2F3NO3/c1-13(2)18(12-22(32)34-5)16-6-9-20(27)21(11-16)31-24(33)23(15(4)25(28,29)30)17-7-8-19(26)14(3)10-17/h6-11,13,15,18,23H,12H2,1-5H3,(H,31,33). The second kappa shape index (κ2) is 11.5. The van der Waals surface area contributed by atoms with Crippen LogP contribution in [0.25, 0.3) is 0 Å². The molecular formula is C25H28Cl2F3NO3. The van der Waals surface area contributed by atoms with Crippen molar-refractivity contribution in [3.05, 3.63) is 63.1 Å². The van der Waals surface area contributed by atoms with Gasteiger partial charge in [0.05, 0.1) is 36.1 Å². The molecule has 2 aromatic carbocycles. The van der Waals surface area contributed by atoms with Crippen LogP contribution in [0.1, 0.15) is 55.7 Å². The molecule has 1 N–H and O–H groups in total. The van der Waals surface area contributed by atoms with Crippen LogP contribution in [0.3, 0.4) is 0 Å². The second-order valence-electron chi connectivity index (χ2n) is 8.68. The molecule has 2 aromatic rings. The molecule has 0 bridgehead atoms. The Balaban J connectivity index is 2.45. The third-order valence-electron chi connectivity index (χ3n) is 5.94. The predicted octanol–water partition coefficient (Wildman–Crippen LogP) is 7.53. The number of benzene rings is 2. The maximum Gasteiger partial charge on any atom is 0.392 e. The highest BCUT2D eigenvalue weighted by Gasteiger charge is 2.45. The average Bonchev–Trinajstić information content (AvgIpc) is 2.75. The van der Waals surface area contributed by atoms with E-state index < -0.39 is 29.9 Å². The third kappa shape index (κ3) is 6.89. The van der Waals surface area contributed by atoms with Gasteiger partial charge in [-0.25, -0.2) is 0 Å². The smallest absolute Gasteiger partial charge is 0.392 e. The number of esters is 1. The molecule has 9 heteroatoms. The quantitative estimate of drug-likeness (QED) is 0.368. The SMILES string of the molecule is COC(=O)CC(c1ccc(Cl)c(NC(=O)C(c2ccc(Cl)c(C)c2)C(C)C(F)(F)F)c1)C(C)C. The summed E-state index contributed by atoms with van der Waals surface area (Å²) in [7, 11) is 1.30. The van der Waals surface area contributed by atoms with Gasteiger partial charge in [-0.15, -0.1) is 0 Å². The van der Waals surface area contributed by atoms with E-state index in [2.05, 4.69) is 5.32 Å². The molecule has 0 heterocycles. The Labute approximate surface area is 207 Å². The van der Waals surface area contributed by atoms with Crippen molar-refractivity contribution < 1.29 is 27.5 Å². The van der Waals surface area contributed by atoms with Crippen LogP contribution < -0.4 is 5.32 Å². The topological polar surface area (TPSA) is 55.4 Å². The fourth-order valence-corrected chi connectivity index (χ4v) is 4.08. The predicted molar refractivity (Wildman–Crippen MR) is 128 cm³/mol. The largest absolute Gasteiger partial charge is 0.469 e. The number of aryl methyl sites for hydroxylation is 1. The summed E-state index contributed by atoms with van der Waals surface area (Å²) in [5.74, 6) is -4.90. The van der Waals surface area contributed by atoms with E-state index in [1.807, 2.05) is 13.8 Å². The molecule has 0 aliphatic rings. The van der Waals surface area contributed by atoms with Gasteiger partial charge in [-0.1, -0.05) is 62.2 Å². The minimum absolute atomic E-state index is 0.0545. The van der Waals surface area contributed by atoms with Gasteiger partial charge in [-0.3, -0.25) is 9.59 Å². The number of nitrogens with one attached hydrogen (secondary N) is 1. The minimum atomic E-state index is -4.61. The van der Waals surface area contributed by atoms with Crippen molar-refractivity contribution in [1.82, 2.24) is 0 Å². The van der Waals surface area contributed by atoms with Crippen molar-refractivity contribution in [3.63, 3.8) is 0 Å². The minimum Gasteiger partial charge on any atom is -0.469 e. The van der Waals surface area contributed by atoms with Crippen LogP contribution in [0.5, 0.6) is 0 Å². The highest BCUT2D eigenvalue weighted by Crippen LogP contribution is 2.40. The number of hydrogen-bond donors (Lipinski definition) is 1. The summed E-state index contributed by atoms with van der Waals surface area (Å²) in [6, 6.07) is 9.25. The van der Waals surface area contributed by atoms with E-state index in [9.17, 15) is 22.8 Å². The van der Waals surface area contributed by atoms with Gasteiger partial charge in [-0.2, -0.15) is 13.2 Å². The van der Waals surface area contributed by atoms with Gasteiger partial charge in [0.25, 0.3) is 0 Å². The average molecular weight is 518 g/mol. The Bertz CT molecular complexity index is 1040. The lowest BCUT2D eigenvalue weighted by Crippen LogP contribution is -2.34. The van der Waals surface area contributed by atoms with Gasteiger partial charge in [0.1, 0.15) is 0 Å². The van der Waals surface area contributed by atoms with Gasteiger partial charge >= 0.3 is 12.1 Å². The summed E-state index contributed by atoms with van der Waals surface area (Å²) >= 11 is 12.3. The maximum absolute atomic E-state index is 13.7. The van der Waals surface area contributed by atoms with E-state index in [1.165, 1.54) is 25.3 Å². The number of anilines is 1. The summed E-state index contributed by atoms with van der Waals surface area (Å²) in [6.07, 6.45) is -4.49. The highest BCUT2D eigenvalue weighted by molar-refractivity contribution is 6.33. The number of halogens is 5. The van der Waals surface area contributed by atoms with Crippen molar-refractivity contribution in [1.29, 1.82) is 0 Å². The van der Waals surface area contributed by atoms with Crippen molar-refractivity contribution in [2.75, 3.05) is 12.4 Å². The summed E-state index contributed by atoms with van der Waals surface area (Å²) in [4.78, 5) is 25.1. The number of rotatable bonds is 8. The lowest BCUT2D eigenvalue weighted by Gasteiger charge is -2.27. The molecule has 3 unspecified atom stereocenters. The van der Waals surface area contributed by atoms with Gasteiger partial charge < -0.3 is 10.1 Å². The molecule has 2 rings (SSSR count). The first kappa shape index (κ1) is 28.0. The van der Waals surface area contributed by atoms with Crippen molar-refractivity contribution in [2.24, 2.45) is 11.8 Å². The van der Waals surface area contributed by atoms with E-state index in [0.717, 1.165) is 6.92 Å². The molecule has 0 fully saturated rings. The van der Waals surface area contributed by atoms with Crippen LogP contribution in [-0.4, -0.2) is 25.2 Å². The first-order chi connectivity index (χ1) is 15.8. The fourth-order valence-electron chi connectivity index (χ4n) is 3.80. The third-order valence-corrected chi connectivity index (χ3v) is 6.69. The molecule has 0 saturated heterocycles. The number of hydrogen-bond acceptors (Lipinski definition) is 3. The Morgan fingerprint density at radius 3 is 2.12 bits per heavy atom. The van der Waals surface area contributed by atoms with E-state index in [0.29, 0.717) is 16.1 Å². The summed E-state index contributed by atoms with van der Waals surface area (Å²) in [5.41, 5.74) is 1.64.